The van der Waals surface area contributed by atoms with E-state index in [9.17, 15) is 4.79 Å². The Hall–Kier alpha value is -0.610. The highest BCUT2D eigenvalue weighted by atomic mass is 16.1. The van der Waals surface area contributed by atoms with E-state index in [4.69, 9.17) is 5.73 Å². The van der Waals surface area contributed by atoms with Crippen molar-refractivity contribution in [3.63, 3.8) is 0 Å². The lowest BCUT2D eigenvalue weighted by Gasteiger charge is -2.37. The fourth-order valence-corrected chi connectivity index (χ4v) is 2.82. The Balaban J connectivity index is 2.56. The molecule has 2 unspecified atom stereocenters. The zero-order valence-corrected chi connectivity index (χ0v) is 12.1. The minimum absolute atomic E-state index is 0.220. The van der Waals surface area contributed by atoms with Gasteiger partial charge in [0.05, 0.1) is 6.04 Å². The van der Waals surface area contributed by atoms with Crippen LogP contribution in [0.4, 0.5) is 0 Å². The second-order valence-electron chi connectivity index (χ2n) is 5.71. The van der Waals surface area contributed by atoms with Crippen LogP contribution in [0.25, 0.3) is 0 Å². The number of hydrogen-bond acceptors (Lipinski definition) is 3. The van der Waals surface area contributed by atoms with Crippen LogP contribution < -0.4 is 11.1 Å². The first kappa shape index (κ1) is 15.4. The molecule has 1 fully saturated rings. The molecule has 106 valence electrons. The zero-order valence-electron chi connectivity index (χ0n) is 12.1. The van der Waals surface area contributed by atoms with E-state index in [0.717, 1.165) is 13.1 Å². The first-order valence-electron chi connectivity index (χ1n) is 7.34. The summed E-state index contributed by atoms with van der Waals surface area (Å²) < 4.78 is 0. The number of nitrogens with zero attached hydrogens (tertiary/aromatic N) is 1. The number of carbonyl (C=O) groups is 1. The number of carbonyl (C=O) groups excluding carboxylic acids is 1. The number of amides is 1. The van der Waals surface area contributed by atoms with Gasteiger partial charge in [0.1, 0.15) is 0 Å². The molecule has 18 heavy (non-hydrogen) atoms. The summed E-state index contributed by atoms with van der Waals surface area (Å²) in [7, 11) is 0. The van der Waals surface area contributed by atoms with E-state index in [2.05, 4.69) is 31.0 Å². The number of nitrogens with one attached hydrogen (secondary N) is 1. The molecular weight excluding hydrogens is 226 g/mol. The maximum atomic E-state index is 11.5. The summed E-state index contributed by atoms with van der Waals surface area (Å²) in [4.78, 5) is 14.0. The molecule has 1 rings (SSSR count). The SMILES string of the molecule is CCCC1CCCCN1CC(NC(C)C)C(N)=O. The molecule has 0 radical (unpaired) electrons. The van der Waals surface area contributed by atoms with Crippen LogP contribution in [0.5, 0.6) is 0 Å². The van der Waals surface area contributed by atoms with Crippen LogP contribution in [0, 0.1) is 0 Å². The molecule has 1 heterocycles. The van der Waals surface area contributed by atoms with E-state index < -0.39 is 0 Å². The lowest BCUT2D eigenvalue weighted by molar-refractivity contribution is -0.121. The predicted molar refractivity (Wildman–Crippen MR) is 75.4 cm³/mol. The molecule has 2 atom stereocenters. The molecule has 4 heteroatoms. The summed E-state index contributed by atoms with van der Waals surface area (Å²) in [5.41, 5.74) is 5.49. The molecule has 0 bridgehead atoms. The minimum atomic E-state index is -0.232. The number of rotatable bonds is 7. The first-order valence-corrected chi connectivity index (χ1v) is 7.34. The first-order chi connectivity index (χ1) is 8.54. The van der Waals surface area contributed by atoms with Crippen molar-refractivity contribution in [1.29, 1.82) is 0 Å². The van der Waals surface area contributed by atoms with Gasteiger partial charge in [0, 0.05) is 18.6 Å². The monoisotopic (exact) mass is 255 g/mol. The quantitative estimate of drug-likeness (QED) is 0.724. The van der Waals surface area contributed by atoms with Crippen molar-refractivity contribution >= 4 is 5.91 Å². The molecule has 1 aliphatic heterocycles. The van der Waals surface area contributed by atoms with Crippen molar-refractivity contribution in [1.82, 2.24) is 10.2 Å². The fourth-order valence-electron chi connectivity index (χ4n) is 2.82. The highest BCUT2D eigenvalue weighted by molar-refractivity contribution is 5.80. The second-order valence-corrected chi connectivity index (χ2v) is 5.71. The van der Waals surface area contributed by atoms with E-state index in [1.807, 2.05) is 0 Å². The van der Waals surface area contributed by atoms with Crippen LogP contribution in [0.1, 0.15) is 52.9 Å². The van der Waals surface area contributed by atoms with E-state index in [1.165, 1.54) is 32.1 Å². The Morgan fingerprint density at radius 2 is 2.17 bits per heavy atom. The van der Waals surface area contributed by atoms with E-state index >= 15 is 0 Å². The number of nitrogens with two attached hydrogens (primary N) is 1. The van der Waals surface area contributed by atoms with Gasteiger partial charge in [-0.05, 0) is 25.8 Å². The molecule has 3 N–H and O–H groups in total. The van der Waals surface area contributed by atoms with Crippen molar-refractivity contribution in [3.05, 3.63) is 0 Å². The van der Waals surface area contributed by atoms with E-state index in [-0.39, 0.29) is 18.0 Å². The molecule has 1 aliphatic rings. The predicted octanol–water partition coefficient (Wildman–Crippen LogP) is 1.49. The summed E-state index contributed by atoms with van der Waals surface area (Å²) in [5, 5.41) is 3.27. The Morgan fingerprint density at radius 3 is 2.72 bits per heavy atom. The van der Waals surface area contributed by atoms with Gasteiger partial charge < -0.3 is 11.1 Å². The van der Waals surface area contributed by atoms with Crippen molar-refractivity contribution < 1.29 is 4.79 Å². The smallest absolute Gasteiger partial charge is 0.235 e. The zero-order chi connectivity index (χ0) is 13.5. The largest absolute Gasteiger partial charge is 0.368 e. The van der Waals surface area contributed by atoms with Gasteiger partial charge in [-0.25, -0.2) is 0 Å². The van der Waals surface area contributed by atoms with Gasteiger partial charge in [0.25, 0.3) is 0 Å². The fraction of sp³-hybridized carbons (Fsp3) is 0.929. The summed E-state index contributed by atoms with van der Waals surface area (Å²) in [6.45, 7) is 8.20. The van der Waals surface area contributed by atoms with Crippen LogP contribution in [0.2, 0.25) is 0 Å². The maximum absolute atomic E-state index is 11.5. The summed E-state index contributed by atoms with van der Waals surface area (Å²) in [6, 6.07) is 0.707. The lowest BCUT2D eigenvalue weighted by Crippen LogP contribution is -2.54. The maximum Gasteiger partial charge on any atom is 0.235 e. The third kappa shape index (κ3) is 4.94. The number of primary amides is 1. The van der Waals surface area contributed by atoms with Crippen molar-refractivity contribution in [2.75, 3.05) is 13.1 Å². The minimum Gasteiger partial charge on any atom is -0.368 e. The second kappa shape index (κ2) is 7.74. The van der Waals surface area contributed by atoms with Crippen LogP contribution in [-0.2, 0) is 4.79 Å². The van der Waals surface area contributed by atoms with Gasteiger partial charge in [-0.2, -0.15) is 0 Å². The van der Waals surface area contributed by atoms with E-state index in [1.54, 1.807) is 0 Å². The Morgan fingerprint density at radius 1 is 1.44 bits per heavy atom. The normalized spacial score (nSPS) is 23.2. The van der Waals surface area contributed by atoms with Crippen LogP contribution in [0.3, 0.4) is 0 Å². The van der Waals surface area contributed by atoms with E-state index in [0.29, 0.717) is 6.04 Å². The molecule has 0 spiro atoms. The number of likely N-dealkylation sites (tertiary alicyclic amines) is 1. The van der Waals surface area contributed by atoms with Crippen LogP contribution in [-0.4, -0.2) is 42.0 Å². The van der Waals surface area contributed by atoms with Gasteiger partial charge in [-0.1, -0.05) is 33.6 Å². The standard InChI is InChI=1S/C14H29N3O/c1-4-7-12-8-5-6-9-17(12)10-13(14(15)18)16-11(2)3/h11-13,16H,4-10H2,1-3H3,(H2,15,18). The number of piperidine rings is 1. The highest BCUT2D eigenvalue weighted by Crippen LogP contribution is 2.20. The van der Waals surface area contributed by atoms with Gasteiger partial charge in [-0.3, -0.25) is 9.69 Å². The number of hydrogen-bond donors (Lipinski definition) is 2. The van der Waals surface area contributed by atoms with Crippen molar-refractivity contribution in [2.24, 2.45) is 5.73 Å². The van der Waals surface area contributed by atoms with Crippen molar-refractivity contribution in [3.8, 4) is 0 Å². The topological polar surface area (TPSA) is 58.4 Å². The molecule has 0 aromatic heterocycles. The average molecular weight is 255 g/mol. The molecule has 4 nitrogen and oxygen atoms in total. The molecule has 0 aromatic rings. The Labute approximate surface area is 111 Å². The van der Waals surface area contributed by atoms with Gasteiger partial charge in [0.2, 0.25) is 5.91 Å². The highest BCUT2D eigenvalue weighted by Gasteiger charge is 2.26. The van der Waals surface area contributed by atoms with Gasteiger partial charge >= 0.3 is 0 Å². The van der Waals surface area contributed by atoms with Gasteiger partial charge in [0.15, 0.2) is 0 Å². The van der Waals surface area contributed by atoms with Crippen LogP contribution in [0.15, 0.2) is 0 Å². The van der Waals surface area contributed by atoms with Crippen molar-refractivity contribution in [2.45, 2.75) is 71.0 Å². The lowest BCUT2D eigenvalue weighted by atomic mass is 9.97. The van der Waals surface area contributed by atoms with Gasteiger partial charge in [-0.15, -0.1) is 0 Å². The average Bonchev–Trinajstić information content (AvgIpc) is 2.30. The Kier molecular flexibility index (Phi) is 6.65. The summed E-state index contributed by atoms with van der Waals surface area (Å²) in [6.07, 6.45) is 6.27. The summed E-state index contributed by atoms with van der Waals surface area (Å²) >= 11 is 0. The molecule has 1 saturated heterocycles. The molecule has 0 saturated carbocycles. The molecule has 0 aliphatic carbocycles. The van der Waals surface area contributed by atoms with Crippen LogP contribution >= 0.6 is 0 Å². The third-order valence-electron chi connectivity index (χ3n) is 3.67. The molecule has 1 amide bonds. The Bertz CT molecular complexity index is 253. The molecule has 0 aromatic carbocycles. The molecular formula is C14H29N3O. The third-order valence-corrected chi connectivity index (χ3v) is 3.67. The summed E-state index contributed by atoms with van der Waals surface area (Å²) in [5.74, 6) is -0.232.